The molecule has 1 saturated heterocycles. The second-order valence-electron chi connectivity index (χ2n) is 6.98. The van der Waals surface area contributed by atoms with Crippen molar-refractivity contribution in [2.45, 2.75) is 37.6 Å². The summed E-state index contributed by atoms with van der Waals surface area (Å²) in [6.45, 7) is 1.23. The molecule has 0 N–H and O–H groups in total. The summed E-state index contributed by atoms with van der Waals surface area (Å²) in [7, 11) is 2.26. The number of hydrogen-bond acceptors (Lipinski definition) is 1. The first-order valence-corrected chi connectivity index (χ1v) is 8.87. The molecule has 1 heteroatoms. The second kappa shape index (κ2) is 6.33. The minimum atomic E-state index is 0.409. The number of piperidine rings is 1. The summed E-state index contributed by atoms with van der Waals surface area (Å²) in [5.74, 6) is 0.409. The first-order valence-electron chi connectivity index (χ1n) is 8.87. The minimum Gasteiger partial charge on any atom is -0.300 e. The van der Waals surface area contributed by atoms with Crippen molar-refractivity contribution in [2.75, 3.05) is 13.6 Å². The van der Waals surface area contributed by atoms with Crippen LogP contribution in [0.2, 0.25) is 0 Å². The van der Waals surface area contributed by atoms with Crippen molar-refractivity contribution in [2.24, 2.45) is 0 Å². The van der Waals surface area contributed by atoms with E-state index in [-0.39, 0.29) is 0 Å². The van der Waals surface area contributed by atoms with E-state index in [0.29, 0.717) is 12.0 Å². The number of fused-ring (bicyclic) bond motifs is 2. The van der Waals surface area contributed by atoms with Crippen molar-refractivity contribution in [3.63, 3.8) is 0 Å². The molecule has 2 aromatic carbocycles. The fourth-order valence-electron chi connectivity index (χ4n) is 4.16. The summed E-state index contributed by atoms with van der Waals surface area (Å²) in [6, 6.07) is 18.5. The monoisotopic (exact) mass is 303 g/mol. The lowest BCUT2D eigenvalue weighted by atomic mass is 9.78. The van der Waals surface area contributed by atoms with Crippen molar-refractivity contribution < 1.29 is 0 Å². The standard InChI is InChI=1S/C22H25N/c1-23-15-7-6-10-19(23)13-14-22-20-11-4-2-8-17(20)16-18-9-3-5-12-21(18)22/h2-5,8-9,11-14,19,22H,6-7,10,15-16H2,1H3/b14-13+/t19-/m1/s1. The first kappa shape index (κ1) is 14.7. The summed E-state index contributed by atoms with van der Waals surface area (Å²) in [4.78, 5) is 2.50. The zero-order valence-corrected chi connectivity index (χ0v) is 13.9. The maximum Gasteiger partial charge on any atom is 0.0275 e. The Kier molecular flexibility index (Phi) is 4.05. The van der Waals surface area contributed by atoms with Gasteiger partial charge in [-0.05, 0) is 55.1 Å². The van der Waals surface area contributed by atoms with E-state index in [1.807, 2.05) is 0 Å². The Morgan fingerprint density at radius 1 is 0.870 bits per heavy atom. The molecule has 0 aromatic heterocycles. The van der Waals surface area contributed by atoms with Crippen molar-refractivity contribution in [1.29, 1.82) is 0 Å². The van der Waals surface area contributed by atoms with Crippen molar-refractivity contribution in [3.8, 4) is 0 Å². The molecule has 1 nitrogen and oxygen atoms in total. The average molecular weight is 303 g/mol. The van der Waals surface area contributed by atoms with E-state index >= 15 is 0 Å². The van der Waals surface area contributed by atoms with E-state index < -0.39 is 0 Å². The fraction of sp³-hybridized carbons (Fsp3) is 0.364. The SMILES string of the molecule is CN1CCCC[C@@H]1/C=C/C1c2ccccc2Cc2ccccc21. The fourth-order valence-corrected chi connectivity index (χ4v) is 4.16. The molecule has 1 heterocycles. The summed E-state index contributed by atoms with van der Waals surface area (Å²) in [6.07, 6.45) is 9.99. The molecule has 0 spiro atoms. The molecule has 4 rings (SSSR count). The lowest BCUT2D eigenvalue weighted by molar-refractivity contribution is 0.221. The molecule has 1 fully saturated rings. The predicted molar refractivity (Wildman–Crippen MR) is 96.9 cm³/mol. The van der Waals surface area contributed by atoms with Gasteiger partial charge in [-0.2, -0.15) is 0 Å². The zero-order valence-electron chi connectivity index (χ0n) is 13.9. The Morgan fingerprint density at radius 3 is 2.17 bits per heavy atom. The van der Waals surface area contributed by atoms with Gasteiger partial charge in [-0.15, -0.1) is 0 Å². The lowest BCUT2D eigenvalue weighted by Crippen LogP contribution is -2.34. The maximum absolute atomic E-state index is 2.50. The quantitative estimate of drug-likeness (QED) is 0.723. The van der Waals surface area contributed by atoms with Crippen LogP contribution in [0.5, 0.6) is 0 Å². The van der Waals surface area contributed by atoms with Gasteiger partial charge in [0.05, 0.1) is 0 Å². The van der Waals surface area contributed by atoms with Crippen molar-refractivity contribution >= 4 is 0 Å². The molecule has 0 amide bonds. The van der Waals surface area contributed by atoms with Crippen LogP contribution in [0.25, 0.3) is 0 Å². The van der Waals surface area contributed by atoms with Gasteiger partial charge in [0.25, 0.3) is 0 Å². The van der Waals surface area contributed by atoms with Crippen LogP contribution in [0, 0.1) is 0 Å². The molecule has 2 aliphatic rings. The number of rotatable bonds is 2. The number of hydrogen-bond donors (Lipinski definition) is 0. The topological polar surface area (TPSA) is 3.24 Å². The Balaban J connectivity index is 1.70. The van der Waals surface area contributed by atoms with Gasteiger partial charge in [-0.25, -0.2) is 0 Å². The first-order chi connectivity index (χ1) is 11.3. The number of likely N-dealkylation sites (tertiary alicyclic amines) is 1. The molecule has 23 heavy (non-hydrogen) atoms. The van der Waals surface area contributed by atoms with Gasteiger partial charge in [0.1, 0.15) is 0 Å². The third kappa shape index (κ3) is 2.86. The third-order valence-corrected chi connectivity index (χ3v) is 5.51. The highest BCUT2D eigenvalue weighted by Gasteiger charge is 2.24. The highest BCUT2D eigenvalue weighted by Crippen LogP contribution is 2.37. The van der Waals surface area contributed by atoms with Gasteiger partial charge in [-0.1, -0.05) is 67.1 Å². The Morgan fingerprint density at radius 2 is 1.52 bits per heavy atom. The molecule has 0 radical (unpaired) electrons. The van der Waals surface area contributed by atoms with Crippen LogP contribution in [0.1, 0.15) is 47.4 Å². The van der Waals surface area contributed by atoms with Crippen LogP contribution in [-0.2, 0) is 6.42 Å². The normalized spacial score (nSPS) is 22.0. The molecule has 1 aliphatic carbocycles. The Labute approximate surface area is 139 Å². The average Bonchev–Trinajstić information content (AvgIpc) is 2.60. The molecule has 0 saturated carbocycles. The van der Waals surface area contributed by atoms with Gasteiger partial charge in [0.15, 0.2) is 0 Å². The Hall–Kier alpha value is -1.86. The Bertz CT molecular complexity index is 670. The summed E-state index contributed by atoms with van der Waals surface area (Å²) >= 11 is 0. The molecule has 118 valence electrons. The van der Waals surface area contributed by atoms with Crippen molar-refractivity contribution in [1.82, 2.24) is 4.90 Å². The lowest BCUT2D eigenvalue weighted by Gasteiger charge is -2.31. The summed E-state index contributed by atoms with van der Waals surface area (Å²) < 4.78 is 0. The van der Waals surface area contributed by atoms with E-state index in [1.54, 1.807) is 0 Å². The number of likely N-dealkylation sites (N-methyl/N-ethyl adjacent to an activating group) is 1. The van der Waals surface area contributed by atoms with E-state index in [1.165, 1.54) is 48.1 Å². The molecule has 0 bridgehead atoms. The molecular formula is C22H25N. The van der Waals surface area contributed by atoms with E-state index in [9.17, 15) is 0 Å². The van der Waals surface area contributed by atoms with Crippen LogP contribution in [0.3, 0.4) is 0 Å². The summed E-state index contributed by atoms with van der Waals surface area (Å²) in [5.41, 5.74) is 5.94. The van der Waals surface area contributed by atoms with Crippen LogP contribution < -0.4 is 0 Å². The van der Waals surface area contributed by atoms with E-state index in [4.69, 9.17) is 0 Å². The molecular weight excluding hydrogens is 278 g/mol. The zero-order chi connectivity index (χ0) is 15.6. The van der Waals surface area contributed by atoms with Gasteiger partial charge in [0, 0.05) is 12.0 Å². The van der Waals surface area contributed by atoms with Crippen LogP contribution in [-0.4, -0.2) is 24.5 Å². The van der Waals surface area contributed by atoms with Gasteiger partial charge < -0.3 is 0 Å². The largest absolute Gasteiger partial charge is 0.300 e. The second-order valence-corrected chi connectivity index (χ2v) is 6.98. The number of allylic oxidation sites excluding steroid dienone is 1. The number of nitrogens with zero attached hydrogens (tertiary/aromatic N) is 1. The highest BCUT2D eigenvalue weighted by molar-refractivity contribution is 5.51. The van der Waals surface area contributed by atoms with Crippen LogP contribution >= 0.6 is 0 Å². The van der Waals surface area contributed by atoms with Crippen LogP contribution in [0.15, 0.2) is 60.7 Å². The smallest absolute Gasteiger partial charge is 0.0275 e. The maximum atomic E-state index is 2.50. The van der Waals surface area contributed by atoms with Gasteiger partial charge >= 0.3 is 0 Å². The number of benzene rings is 2. The molecule has 2 aromatic rings. The minimum absolute atomic E-state index is 0.409. The van der Waals surface area contributed by atoms with E-state index in [2.05, 4.69) is 72.6 Å². The molecule has 1 atom stereocenters. The van der Waals surface area contributed by atoms with Gasteiger partial charge in [0.2, 0.25) is 0 Å². The van der Waals surface area contributed by atoms with E-state index in [0.717, 1.165) is 6.42 Å². The van der Waals surface area contributed by atoms with Crippen LogP contribution in [0.4, 0.5) is 0 Å². The highest BCUT2D eigenvalue weighted by atomic mass is 15.1. The summed E-state index contributed by atoms with van der Waals surface area (Å²) in [5, 5.41) is 0. The molecule has 0 unspecified atom stereocenters. The third-order valence-electron chi connectivity index (χ3n) is 5.51. The predicted octanol–water partition coefficient (Wildman–Crippen LogP) is 4.76. The van der Waals surface area contributed by atoms with Gasteiger partial charge in [-0.3, -0.25) is 4.90 Å². The van der Waals surface area contributed by atoms with Crippen molar-refractivity contribution in [3.05, 3.63) is 82.9 Å². The molecule has 1 aliphatic heterocycles.